The van der Waals surface area contributed by atoms with Gasteiger partial charge in [0.25, 0.3) is 5.91 Å². The van der Waals surface area contributed by atoms with Crippen LogP contribution in [-0.4, -0.2) is 37.0 Å². The van der Waals surface area contributed by atoms with Gasteiger partial charge in [-0.05, 0) is 38.1 Å². The molecule has 0 atom stereocenters. The van der Waals surface area contributed by atoms with Crippen LogP contribution in [-0.2, 0) is 6.18 Å². The van der Waals surface area contributed by atoms with E-state index in [-0.39, 0.29) is 11.6 Å². The van der Waals surface area contributed by atoms with Crippen molar-refractivity contribution in [2.45, 2.75) is 25.1 Å². The molecule has 1 aliphatic rings. The van der Waals surface area contributed by atoms with Crippen molar-refractivity contribution >= 4 is 5.91 Å². The maximum Gasteiger partial charge on any atom is 0.417 e. The Kier molecular flexibility index (Phi) is 4.32. The van der Waals surface area contributed by atoms with Crippen LogP contribution in [0.5, 0.6) is 0 Å². The molecule has 0 unspecified atom stereocenters. The molecule has 1 heterocycles. The minimum atomic E-state index is -4.51. The van der Waals surface area contributed by atoms with Crippen molar-refractivity contribution in [2.75, 3.05) is 20.1 Å². The predicted octanol–water partition coefficient (Wildman–Crippen LogP) is 2.53. The van der Waals surface area contributed by atoms with Crippen LogP contribution in [0.3, 0.4) is 0 Å². The average molecular weight is 286 g/mol. The Morgan fingerprint density at radius 2 is 1.85 bits per heavy atom. The van der Waals surface area contributed by atoms with E-state index in [9.17, 15) is 18.0 Å². The molecule has 0 radical (unpaired) electrons. The fraction of sp³-hybridized carbons (Fsp3) is 0.500. The summed E-state index contributed by atoms with van der Waals surface area (Å²) in [4.78, 5) is 13.8. The van der Waals surface area contributed by atoms with Gasteiger partial charge in [-0.25, -0.2) is 0 Å². The molecule has 0 aliphatic carbocycles. The van der Waals surface area contributed by atoms with E-state index >= 15 is 0 Å². The van der Waals surface area contributed by atoms with Gasteiger partial charge in [-0.3, -0.25) is 4.79 Å². The molecule has 0 saturated carbocycles. The molecule has 3 nitrogen and oxygen atoms in total. The Balaban J connectivity index is 2.24. The quantitative estimate of drug-likeness (QED) is 0.906. The van der Waals surface area contributed by atoms with Gasteiger partial charge >= 0.3 is 6.18 Å². The van der Waals surface area contributed by atoms with Crippen LogP contribution in [0.25, 0.3) is 0 Å². The highest BCUT2D eigenvalue weighted by atomic mass is 19.4. The number of nitrogens with one attached hydrogen (secondary N) is 1. The van der Waals surface area contributed by atoms with E-state index in [1.54, 1.807) is 7.05 Å². The van der Waals surface area contributed by atoms with Crippen molar-refractivity contribution in [2.24, 2.45) is 0 Å². The van der Waals surface area contributed by atoms with E-state index in [4.69, 9.17) is 0 Å². The Labute approximate surface area is 115 Å². The van der Waals surface area contributed by atoms with Gasteiger partial charge in [0.1, 0.15) is 0 Å². The third-order valence-corrected chi connectivity index (χ3v) is 3.64. The minimum Gasteiger partial charge on any atom is -0.339 e. The number of carbonyl (C=O) groups excluding carboxylic acids is 1. The Bertz CT molecular complexity index is 482. The minimum absolute atomic E-state index is 0.00922. The lowest BCUT2D eigenvalue weighted by Crippen LogP contribution is -2.44. The highest BCUT2D eigenvalue weighted by Gasteiger charge is 2.36. The Morgan fingerprint density at radius 1 is 1.25 bits per heavy atom. The SMILES string of the molecule is CN(C(=O)c1ccccc1C(F)(F)F)C1CCNCC1. The summed E-state index contributed by atoms with van der Waals surface area (Å²) in [6.07, 6.45) is -2.99. The summed E-state index contributed by atoms with van der Waals surface area (Å²) in [6.45, 7) is 1.56. The van der Waals surface area contributed by atoms with Gasteiger partial charge in [0.05, 0.1) is 11.1 Å². The molecule has 1 amide bonds. The number of rotatable bonds is 2. The van der Waals surface area contributed by atoms with Crippen LogP contribution in [0.1, 0.15) is 28.8 Å². The molecular weight excluding hydrogens is 269 g/mol. The summed E-state index contributed by atoms with van der Waals surface area (Å²) in [7, 11) is 1.57. The molecule has 1 aromatic carbocycles. The van der Waals surface area contributed by atoms with E-state index in [1.165, 1.54) is 23.1 Å². The van der Waals surface area contributed by atoms with Gasteiger partial charge in [0.15, 0.2) is 0 Å². The first-order valence-corrected chi connectivity index (χ1v) is 6.55. The molecule has 1 fully saturated rings. The van der Waals surface area contributed by atoms with Crippen molar-refractivity contribution < 1.29 is 18.0 Å². The third kappa shape index (κ3) is 3.12. The fourth-order valence-electron chi connectivity index (χ4n) is 2.47. The van der Waals surface area contributed by atoms with E-state index < -0.39 is 17.6 Å². The topological polar surface area (TPSA) is 32.3 Å². The molecule has 1 aromatic rings. The smallest absolute Gasteiger partial charge is 0.339 e. The molecular formula is C14H17F3N2O. The number of amides is 1. The van der Waals surface area contributed by atoms with E-state index in [2.05, 4.69) is 5.32 Å². The maximum atomic E-state index is 12.9. The molecule has 2 rings (SSSR count). The van der Waals surface area contributed by atoms with Crippen molar-refractivity contribution in [1.29, 1.82) is 0 Å². The Morgan fingerprint density at radius 3 is 2.45 bits per heavy atom. The average Bonchev–Trinajstić information content (AvgIpc) is 2.46. The predicted molar refractivity (Wildman–Crippen MR) is 69.4 cm³/mol. The summed E-state index contributed by atoms with van der Waals surface area (Å²) in [5.74, 6) is -0.565. The highest BCUT2D eigenvalue weighted by molar-refractivity contribution is 5.96. The zero-order chi connectivity index (χ0) is 14.8. The number of alkyl halides is 3. The second-order valence-corrected chi connectivity index (χ2v) is 4.94. The number of piperidine rings is 1. The summed E-state index contributed by atoms with van der Waals surface area (Å²) in [5, 5.41) is 3.17. The van der Waals surface area contributed by atoms with Crippen molar-refractivity contribution in [1.82, 2.24) is 10.2 Å². The second kappa shape index (κ2) is 5.83. The number of halogens is 3. The van der Waals surface area contributed by atoms with Gasteiger partial charge in [-0.1, -0.05) is 12.1 Å². The zero-order valence-corrected chi connectivity index (χ0v) is 11.2. The maximum absolute atomic E-state index is 12.9. The third-order valence-electron chi connectivity index (χ3n) is 3.64. The van der Waals surface area contributed by atoms with Gasteiger partial charge in [-0.2, -0.15) is 13.2 Å². The van der Waals surface area contributed by atoms with Crippen LogP contribution in [0, 0.1) is 0 Å². The summed E-state index contributed by atoms with van der Waals surface area (Å²) >= 11 is 0. The Hall–Kier alpha value is -1.56. The van der Waals surface area contributed by atoms with Gasteiger partial charge in [0, 0.05) is 13.1 Å². The van der Waals surface area contributed by atoms with E-state index in [0.717, 1.165) is 32.0 Å². The number of hydrogen-bond donors (Lipinski definition) is 1. The van der Waals surface area contributed by atoms with Gasteiger partial charge < -0.3 is 10.2 Å². The lowest BCUT2D eigenvalue weighted by Gasteiger charge is -2.32. The van der Waals surface area contributed by atoms with Crippen LogP contribution in [0.15, 0.2) is 24.3 Å². The molecule has 1 aliphatic heterocycles. The number of hydrogen-bond acceptors (Lipinski definition) is 2. The zero-order valence-electron chi connectivity index (χ0n) is 11.2. The van der Waals surface area contributed by atoms with Gasteiger partial charge in [0.2, 0.25) is 0 Å². The van der Waals surface area contributed by atoms with Crippen LogP contribution < -0.4 is 5.32 Å². The normalized spacial score (nSPS) is 17.0. The van der Waals surface area contributed by atoms with Crippen LogP contribution in [0.2, 0.25) is 0 Å². The summed E-state index contributed by atoms with van der Waals surface area (Å²) in [5.41, 5.74) is -1.15. The molecule has 0 aromatic heterocycles. The molecule has 110 valence electrons. The van der Waals surface area contributed by atoms with Crippen molar-refractivity contribution in [3.8, 4) is 0 Å². The second-order valence-electron chi connectivity index (χ2n) is 4.94. The summed E-state index contributed by atoms with van der Waals surface area (Å²) < 4.78 is 38.8. The van der Waals surface area contributed by atoms with Gasteiger partial charge in [-0.15, -0.1) is 0 Å². The van der Waals surface area contributed by atoms with Crippen molar-refractivity contribution in [3.05, 3.63) is 35.4 Å². The first-order chi connectivity index (χ1) is 9.41. The molecule has 1 saturated heterocycles. The van der Waals surface area contributed by atoms with Crippen LogP contribution >= 0.6 is 0 Å². The number of benzene rings is 1. The highest BCUT2D eigenvalue weighted by Crippen LogP contribution is 2.32. The largest absolute Gasteiger partial charge is 0.417 e. The van der Waals surface area contributed by atoms with E-state index in [1.807, 2.05) is 0 Å². The van der Waals surface area contributed by atoms with Crippen molar-refractivity contribution in [3.63, 3.8) is 0 Å². The van der Waals surface area contributed by atoms with Crippen LogP contribution in [0.4, 0.5) is 13.2 Å². The number of nitrogens with zero attached hydrogens (tertiary/aromatic N) is 1. The first-order valence-electron chi connectivity index (χ1n) is 6.55. The van der Waals surface area contributed by atoms with E-state index in [0.29, 0.717) is 0 Å². The molecule has 6 heteroatoms. The monoisotopic (exact) mass is 286 g/mol. The molecule has 0 spiro atoms. The lowest BCUT2D eigenvalue weighted by atomic mass is 10.0. The first kappa shape index (κ1) is 14.8. The molecule has 20 heavy (non-hydrogen) atoms. The lowest BCUT2D eigenvalue weighted by molar-refractivity contribution is -0.138. The number of carbonyl (C=O) groups is 1. The molecule has 1 N–H and O–H groups in total. The fourth-order valence-corrected chi connectivity index (χ4v) is 2.47. The summed E-state index contributed by atoms with van der Waals surface area (Å²) in [6, 6.07) is 4.93. The standard InChI is InChI=1S/C14H17F3N2O/c1-19(10-6-8-18-9-7-10)13(20)11-4-2-3-5-12(11)14(15,16)17/h2-5,10,18H,6-9H2,1H3. The molecule has 0 bridgehead atoms.